The van der Waals surface area contributed by atoms with E-state index in [2.05, 4.69) is 4.98 Å². The molecule has 1 unspecified atom stereocenters. The smallest absolute Gasteiger partial charge is 0.301 e. The number of hydrogen-bond donors (Lipinski definition) is 1. The monoisotopic (exact) mass is 517 g/mol. The number of benzene rings is 3. The average Bonchev–Trinajstić information content (AvgIpc) is 3.45. The summed E-state index contributed by atoms with van der Waals surface area (Å²) in [6.07, 6.45) is 0. The van der Waals surface area contributed by atoms with Crippen LogP contribution in [-0.2, 0) is 9.59 Å². The lowest BCUT2D eigenvalue weighted by Crippen LogP contribution is -2.29. The van der Waals surface area contributed by atoms with E-state index in [1.807, 2.05) is 0 Å². The van der Waals surface area contributed by atoms with Gasteiger partial charge < -0.3 is 14.6 Å². The minimum absolute atomic E-state index is 0.152. The number of carbonyl (C=O) groups is 2. The van der Waals surface area contributed by atoms with Gasteiger partial charge in [-0.3, -0.25) is 24.6 Å². The number of nitrogens with zero attached hydrogens (tertiary/aromatic N) is 3. The van der Waals surface area contributed by atoms with Crippen LogP contribution in [0.25, 0.3) is 16.0 Å². The highest BCUT2D eigenvalue weighted by Crippen LogP contribution is 2.45. The second-order valence-corrected chi connectivity index (χ2v) is 9.09. The normalized spacial score (nSPS) is 16.8. The predicted octanol–water partition coefficient (Wildman–Crippen LogP) is 4.85. The summed E-state index contributed by atoms with van der Waals surface area (Å²) in [6, 6.07) is 16.1. The molecule has 2 heterocycles. The van der Waals surface area contributed by atoms with Gasteiger partial charge in [-0.1, -0.05) is 23.5 Å². The van der Waals surface area contributed by atoms with Crippen LogP contribution in [0.5, 0.6) is 11.5 Å². The van der Waals surface area contributed by atoms with Crippen molar-refractivity contribution < 1.29 is 29.1 Å². The quantitative estimate of drug-likeness (QED) is 0.126. The van der Waals surface area contributed by atoms with Gasteiger partial charge in [0.1, 0.15) is 17.3 Å². The van der Waals surface area contributed by atoms with Gasteiger partial charge in [0.2, 0.25) is 0 Å². The lowest BCUT2D eigenvalue weighted by molar-refractivity contribution is -0.384. The highest BCUT2D eigenvalue weighted by atomic mass is 32.1. The number of ketones is 1. The first-order valence-corrected chi connectivity index (χ1v) is 11.8. The molecule has 1 saturated heterocycles. The van der Waals surface area contributed by atoms with Gasteiger partial charge in [0, 0.05) is 17.7 Å². The van der Waals surface area contributed by atoms with Gasteiger partial charge in [-0.15, -0.1) is 0 Å². The van der Waals surface area contributed by atoms with Crippen LogP contribution in [0, 0.1) is 10.1 Å². The zero-order valence-corrected chi connectivity index (χ0v) is 20.4. The van der Waals surface area contributed by atoms with Crippen molar-refractivity contribution in [2.75, 3.05) is 19.1 Å². The van der Waals surface area contributed by atoms with Crippen molar-refractivity contribution in [3.8, 4) is 11.5 Å². The third kappa shape index (κ3) is 4.15. The number of aromatic nitrogens is 1. The summed E-state index contributed by atoms with van der Waals surface area (Å²) in [4.78, 5) is 43.1. The summed E-state index contributed by atoms with van der Waals surface area (Å²) in [5, 5.41) is 22.7. The molecule has 3 aromatic carbocycles. The molecule has 0 saturated carbocycles. The number of nitro groups is 1. The Balaban J connectivity index is 1.71. The topological polar surface area (TPSA) is 132 Å². The molecule has 0 spiro atoms. The number of aliphatic hydroxyl groups excluding tert-OH is 1. The number of methoxy groups -OCH3 is 2. The summed E-state index contributed by atoms with van der Waals surface area (Å²) in [6.45, 7) is 0. The largest absolute Gasteiger partial charge is 0.507 e. The van der Waals surface area contributed by atoms with Crippen LogP contribution < -0.4 is 14.4 Å². The fraction of sp³-hybridized carbons (Fsp3) is 0.115. The summed E-state index contributed by atoms with van der Waals surface area (Å²) in [5.41, 5.74) is 0.951. The minimum Gasteiger partial charge on any atom is -0.507 e. The molecule has 1 fully saturated rings. The van der Waals surface area contributed by atoms with E-state index in [4.69, 9.17) is 9.47 Å². The third-order valence-electron chi connectivity index (χ3n) is 6.00. The number of rotatable bonds is 6. The molecule has 0 bridgehead atoms. The predicted molar refractivity (Wildman–Crippen MR) is 137 cm³/mol. The highest BCUT2D eigenvalue weighted by Gasteiger charge is 2.48. The fourth-order valence-electron chi connectivity index (χ4n) is 4.17. The zero-order chi connectivity index (χ0) is 26.3. The molecular weight excluding hydrogens is 498 g/mol. The molecule has 1 aliphatic rings. The van der Waals surface area contributed by atoms with E-state index in [0.717, 1.165) is 4.70 Å². The maximum Gasteiger partial charge on any atom is 0.301 e. The number of aliphatic hydroxyl groups is 1. The molecule has 4 aromatic rings. The van der Waals surface area contributed by atoms with E-state index >= 15 is 0 Å². The van der Waals surface area contributed by atoms with Gasteiger partial charge >= 0.3 is 5.91 Å². The molecule has 11 heteroatoms. The van der Waals surface area contributed by atoms with Crippen LogP contribution in [-0.4, -0.2) is 40.9 Å². The molecule has 186 valence electrons. The van der Waals surface area contributed by atoms with Crippen molar-refractivity contribution in [2.45, 2.75) is 6.04 Å². The zero-order valence-electron chi connectivity index (χ0n) is 19.6. The van der Waals surface area contributed by atoms with E-state index < -0.39 is 28.4 Å². The van der Waals surface area contributed by atoms with Crippen LogP contribution in [0.15, 0.2) is 72.3 Å². The minimum atomic E-state index is -1.07. The van der Waals surface area contributed by atoms with Crippen molar-refractivity contribution in [1.82, 2.24) is 4.98 Å². The first-order valence-electron chi connectivity index (χ1n) is 11.0. The number of Topliss-reactive ketones (excluding diaryl/α,β-unsaturated/α-hetero) is 1. The Labute approximate surface area is 214 Å². The Morgan fingerprint density at radius 3 is 2.41 bits per heavy atom. The van der Waals surface area contributed by atoms with Crippen molar-refractivity contribution in [2.24, 2.45) is 0 Å². The fourth-order valence-corrected chi connectivity index (χ4v) is 5.19. The number of nitro benzene ring substituents is 1. The van der Waals surface area contributed by atoms with E-state index in [-0.39, 0.29) is 22.0 Å². The maximum absolute atomic E-state index is 13.4. The lowest BCUT2D eigenvalue weighted by atomic mass is 9.95. The Morgan fingerprint density at radius 1 is 1.03 bits per heavy atom. The van der Waals surface area contributed by atoms with Crippen LogP contribution in [0.3, 0.4) is 0 Å². The molecule has 0 aliphatic carbocycles. The maximum atomic E-state index is 13.4. The third-order valence-corrected chi connectivity index (χ3v) is 7.02. The first-order chi connectivity index (χ1) is 17.8. The molecule has 0 radical (unpaired) electrons. The van der Waals surface area contributed by atoms with E-state index in [1.54, 1.807) is 42.5 Å². The molecule has 1 atom stereocenters. The van der Waals surface area contributed by atoms with Crippen LogP contribution in [0.1, 0.15) is 17.2 Å². The van der Waals surface area contributed by atoms with E-state index in [0.29, 0.717) is 22.6 Å². The van der Waals surface area contributed by atoms with Gasteiger partial charge in [-0.2, -0.15) is 0 Å². The van der Waals surface area contributed by atoms with Gasteiger partial charge in [-0.25, -0.2) is 4.98 Å². The summed E-state index contributed by atoms with van der Waals surface area (Å²) in [7, 11) is 3.01. The molecule has 1 aliphatic heterocycles. The number of non-ortho nitro benzene ring substituents is 1. The second-order valence-electron chi connectivity index (χ2n) is 8.08. The van der Waals surface area contributed by atoms with Gasteiger partial charge in [0.25, 0.3) is 11.5 Å². The number of thiazole rings is 1. The Morgan fingerprint density at radius 2 is 1.73 bits per heavy atom. The molecule has 5 rings (SSSR count). The molecule has 1 amide bonds. The van der Waals surface area contributed by atoms with Crippen molar-refractivity contribution in [3.63, 3.8) is 0 Å². The Hall–Kier alpha value is -4.77. The number of ether oxygens (including phenoxy) is 2. The average molecular weight is 518 g/mol. The van der Waals surface area contributed by atoms with Crippen molar-refractivity contribution in [3.05, 3.63) is 93.5 Å². The van der Waals surface area contributed by atoms with Crippen molar-refractivity contribution in [1.29, 1.82) is 0 Å². The second kappa shape index (κ2) is 9.36. The highest BCUT2D eigenvalue weighted by molar-refractivity contribution is 7.22. The van der Waals surface area contributed by atoms with E-state index in [1.165, 1.54) is 54.7 Å². The number of fused-ring (bicyclic) bond motifs is 1. The Bertz CT molecular complexity index is 1590. The molecule has 37 heavy (non-hydrogen) atoms. The van der Waals surface area contributed by atoms with Gasteiger partial charge in [0.15, 0.2) is 5.13 Å². The lowest BCUT2D eigenvalue weighted by Gasteiger charge is -2.22. The number of hydrogen-bond acceptors (Lipinski definition) is 9. The molecular formula is C26H19N3O7S. The first kappa shape index (κ1) is 23.9. The summed E-state index contributed by atoms with van der Waals surface area (Å²) in [5.74, 6) is -1.12. The van der Waals surface area contributed by atoms with Gasteiger partial charge in [0.05, 0.1) is 41.0 Å². The van der Waals surface area contributed by atoms with Crippen LogP contribution in [0.4, 0.5) is 10.8 Å². The molecule has 1 aromatic heterocycles. The van der Waals surface area contributed by atoms with Crippen LogP contribution in [0.2, 0.25) is 0 Å². The van der Waals surface area contributed by atoms with Crippen molar-refractivity contribution >= 4 is 49.8 Å². The van der Waals surface area contributed by atoms with Crippen LogP contribution >= 0.6 is 11.3 Å². The number of carbonyl (C=O) groups excluding carboxylic acids is 2. The molecule has 1 N–H and O–H groups in total. The number of amides is 1. The number of anilines is 1. The SMILES string of the molecule is COc1cccc(C(O)=C2C(=O)C(=O)N(c3nc4ccc(OC)cc4s3)C2c2ccc([N+](=O)[O-])cc2)c1. The molecule has 10 nitrogen and oxygen atoms in total. The Kier molecular flexibility index (Phi) is 6.06. The van der Waals surface area contributed by atoms with Gasteiger partial charge in [-0.05, 0) is 48.0 Å². The standard InChI is InChI=1S/C26H19N3O7S/c1-35-17-5-3-4-15(12-17)23(30)21-22(14-6-8-16(9-7-14)29(33)34)28(25(32)24(21)31)26-27-19-11-10-18(36-2)13-20(19)37-26/h3-13,22,30H,1-2H3. The van der Waals surface area contributed by atoms with E-state index in [9.17, 15) is 24.8 Å². The summed E-state index contributed by atoms with van der Waals surface area (Å²) < 4.78 is 11.2. The summed E-state index contributed by atoms with van der Waals surface area (Å²) >= 11 is 1.18.